The number of ketones is 1. The predicted molar refractivity (Wildman–Crippen MR) is 116 cm³/mol. The molecule has 0 unspecified atom stereocenters. The molecule has 3 rings (SSSR count). The zero-order valence-electron chi connectivity index (χ0n) is 16.3. The van der Waals surface area contributed by atoms with Crippen molar-refractivity contribution in [2.24, 2.45) is 4.99 Å². The topological polar surface area (TPSA) is 51.1 Å². The number of nitrogens with zero attached hydrogens (tertiary/aromatic N) is 2. The fraction of sp³-hybridized carbons (Fsp3) is 0.364. The second-order valence-electron chi connectivity index (χ2n) is 6.66. The average molecular weight is 445 g/mol. The summed E-state index contributed by atoms with van der Waals surface area (Å²) >= 11 is 3.42. The van der Waals surface area contributed by atoms with Crippen LogP contribution in [0.15, 0.2) is 51.9 Å². The van der Waals surface area contributed by atoms with Crippen LogP contribution in [0.5, 0.6) is 11.5 Å². The summed E-state index contributed by atoms with van der Waals surface area (Å²) in [5, 5.41) is 0. The van der Waals surface area contributed by atoms with Crippen LogP contribution in [0, 0.1) is 0 Å². The molecule has 0 radical (unpaired) electrons. The van der Waals surface area contributed by atoms with E-state index in [0.29, 0.717) is 17.1 Å². The third kappa shape index (κ3) is 4.93. The summed E-state index contributed by atoms with van der Waals surface area (Å²) in [4.78, 5) is 19.8. The number of methoxy groups -OCH3 is 2. The van der Waals surface area contributed by atoms with Gasteiger partial charge in [-0.25, -0.2) is 0 Å². The van der Waals surface area contributed by atoms with Gasteiger partial charge in [0.1, 0.15) is 17.3 Å². The molecule has 0 aromatic heterocycles. The largest absolute Gasteiger partial charge is 0.497 e. The summed E-state index contributed by atoms with van der Waals surface area (Å²) in [7, 11) is 3.25. The molecule has 2 aromatic carbocycles. The lowest BCUT2D eigenvalue weighted by atomic mass is 10.1. The molecule has 1 aliphatic rings. The van der Waals surface area contributed by atoms with Crippen LogP contribution in [0.2, 0.25) is 0 Å². The quantitative estimate of drug-likeness (QED) is 0.579. The van der Waals surface area contributed by atoms with Crippen molar-refractivity contribution in [3.8, 4) is 11.5 Å². The van der Waals surface area contributed by atoms with Crippen molar-refractivity contribution in [1.82, 2.24) is 0 Å². The van der Waals surface area contributed by atoms with Gasteiger partial charge < -0.3 is 14.4 Å². The molecule has 28 heavy (non-hydrogen) atoms. The van der Waals surface area contributed by atoms with E-state index in [-0.39, 0.29) is 12.3 Å². The number of halogens is 1. The van der Waals surface area contributed by atoms with E-state index in [1.165, 1.54) is 0 Å². The molecule has 0 saturated carbocycles. The number of rotatable bonds is 6. The number of benzene rings is 2. The summed E-state index contributed by atoms with van der Waals surface area (Å²) in [6, 6.07) is 13.1. The molecule has 1 heterocycles. The molecule has 5 nitrogen and oxygen atoms in total. The highest BCUT2D eigenvalue weighted by molar-refractivity contribution is 9.10. The molecule has 0 bridgehead atoms. The van der Waals surface area contributed by atoms with E-state index in [1.807, 2.05) is 47.4 Å². The van der Waals surface area contributed by atoms with Gasteiger partial charge >= 0.3 is 0 Å². The Morgan fingerprint density at radius 3 is 2.57 bits per heavy atom. The van der Waals surface area contributed by atoms with E-state index < -0.39 is 0 Å². The number of hydrogen-bond acceptors (Lipinski definition) is 5. The number of ether oxygens (including phenoxy) is 2. The lowest BCUT2D eigenvalue weighted by Gasteiger charge is -2.27. The Kier molecular flexibility index (Phi) is 7.09. The van der Waals surface area contributed by atoms with Gasteiger partial charge in [0, 0.05) is 29.1 Å². The fourth-order valence-electron chi connectivity index (χ4n) is 3.27. The summed E-state index contributed by atoms with van der Waals surface area (Å²) in [6.07, 6.45) is 4.15. The van der Waals surface area contributed by atoms with Crippen molar-refractivity contribution in [3.63, 3.8) is 0 Å². The van der Waals surface area contributed by atoms with E-state index in [2.05, 4.69) is 15.9 Å². The minimum Gasteiger partial charge on any atom is -0.497 e. The van der Waals surface area contributed by atoms with Gasteiger partial charge in [-0.3, -0.25) is 9.79 Å². The van der Waals surface area contributed by atoms with Crippen LogP contribution in [0.3, 0.4) is 0 Å². The first-order valence-corrected chi connectivity index (χ1v) is 10.2. The molecule has 0 aliphatic carbocycles. The first-order chi connectivity index (χ1) is 13.6. The van der Waals surface area contributed by atoms with Crippen LogP contribution in [-0.4, -0.2) is 38.9 Å². The first-order valence-electron chi connectivity index (χ1n) is 9.44. The second-order valence-corrected chi connectivity index (χ2v) is 7.58. The van der Waals surface area contributed by atoms with Crippen LogP contribution in [-0.2, 0) is 0 Å². The Balaban J connectivity index is 1.96. The average Bonchev–Trinajstić information content (AvgIpc) is 3.01. The van der Waals surface area contributed by atoms with Gasteiger partial charge in [-0.15, -0.1) is 0 Å². The molecule has 0 saturated heterocycles. The number of amidine groups is 1. The summed E-state index contributed by atoms with van der Waals surface area (Å²) in [6.45, 7) is 1.000. The van der Waals surface area contributed by atoms with E-state index in [0.717, 1.165) is 48.2 Å². The monoisotopic (exact) mass is 444 g/mol. The summed E-state index contributed by atoms with van der Waals surface area (Å²) in [5.74, 6) is 2.35. The molecule has 6 heteroatoms. The van der Waals surface area contributed by atoms with Crippen LogP contribution in [0.4, 0.5) is 5.69 Å². The third-order valence-corrected chi connectivity index (χ3v) is 5.34. The van der Waals surface area contributed by atoms with E-state index in [9.17, 15) is 4.79 Å². The molecule has 0 fully saturated rings. The lowest BCUT2D eigenvalue weighted by Crippen LogP contribution is -2.36. The van der Waals surface area contributed by atoms with Crippen molar-refractivity contribution in [2.45, 2.75) is 25.7 Å². The van der Waals surface area contributed by atoms with Gasteiger partial charge in [-0.1, -0.05) is 34.5 Å². The number of carbonyl (C=O) groups is 1. The van der Waals surface area contributed by atoms with Crippen molar-refractivity contribution < 1.29 is 14.3 Å². The number of carbonyl (C=O) groups excluding carboxylic acids is 1. The highest BCUT2D eigenvalue weighted by Crippen LogP contribution is 2.33. The number of Topliss-reactive ketones (excluding diaryl/α,β-unsaturated/α-hetero) is 1. The Morgan fingerprint density at radius 2 is 1.86 bits per heavy atom. The van der Waals surface area contributed by atoms with Crippen LogP contribution in [0.25, 0.3) is 0 Å². The van der Waals surface area contributed by atoms with Crippen LogP contribution < -0.4 is 14.4 Å². The molecule has 1 aliphatic heterocycles. The van der Waals surface area contributed by atoms with Crippen molar-refractivity contribution in [2.75, 3.05) is 32.2 Å². The highest BCUT2D eigenvalue weighted by Gasteiger charge is 2.22. The van der Waals surface area contributed by atoms with Crippen LogP contribution in [0.1, 0.15) is 36.0 Å². The molecular formula is C22H25BrN2O3. The van der Waals surface area contributed by atoms with Gasteiger partial charge in [0.05, 0.1) is 26.5 Å². The fourth-order valence-corrected chi connectivity index (χ4v) is 3.54. The highest BCUT2D eigenvalue weighted by atomic mass is 79.9. The van der Waals surface area contributed by atoms with Gasteiger partial charge in [0.25, 0.3) is 0 Å². The molecule has 0 atom stereocenters. The van der Waals surface area contributed by atoms with Gasteiger partial charge in [-0.2, -0.15) is 0 Å². The van der Waals surface area contributed by atoms with E-state index in [4.69, 9.17) is 14.5 Å². The Hall–Kier alpha value is -2.34. The smallest absolute Gasteiger partial charge is 0.182 e. The van der Waals surface area contributed by atoms with Crippen molar-refractivity contribution >= 4 is 33.2 Å². The van der Waals surface area contributed by atoms with Crippen LogP contribution >= 0.6 is 15.9 Å². The molecule has 0 spiro atoms. The van der Waals surface area contributed by atoms with Gasteiger partial charge in [0.2, 0.25) is 0 Å². The maximum atomic E-state index is 13.0. The standard InChI is InChI=1S/C22H25BrN2O3/c1-27-18-11-12-19(21(14-18)28-2)25(22-6-4-3-5-13-24-22)15-20(26)16-7-9-17(23)10-8-16/h7-12,14H,3-6,13,15H2,1-2H3. The van der Waals surface area contributed by atoms with Gasteiger partial charge in [-0.05, 0) is 37.1 Å². The minimum absolute atomic E-state index is 0.0392. The molecule has 148 valence electrons. The van der Waals surface area contributed by atoms with Gasteiger partial charge in [0.15, 0.2) is 5.78 Å². The predicted octanol–water partition coefficient (Wildman–Crippen LogP) is 5.13. The van der Waals surface area contributed by atoms with Crippen molar-refractivity contribution in [1.29, 1.82) is 0 Å². The van der Waals surface area contributed by atoms with E-state index in [1.54, 1.807) is 14.2 Å². The first kappa shape index (κ1) is 20.4. The minimum atomic E-state index is 0.0392. The molecule has 0 N–H and O–H groups in total. The number of hydrogen-bond donors (Lipinski definition) is 0. The Morgan fingerprint density at radius 1 is 1.07 bits per heavy atom. The summed E-state index contributed by atoms with van der Waals surface area (Å²) in [5.41, 5.74) is 1.50. The summed E-state index contributed by atoms with van der Waals surface area (Å²) < 4.78 is 11.9. The maximum Gasteiger partial charge on any atom is 0.182 e. The normalized spacial score (nSPS) is 14.0. The van der Waals surface area contributed by atoms with Crippen molar-refractivity contribution in [3.05, 3.63) is 52.5 Å². The zero-order valence-corrected chi connectivity index (χ0v) is 17.9. The zero-order chi connectivity index (χ0) is 19.9. The Bertz CT molecular complexity index is 849. The SMILES string of the molecule is COc1ccc(N(CC(=O)c2ccc(Br)cc2)C2=NCCCCC2)c(OC)c1. The molecular weight excluding hydrogens is 420 g/mol. The maximum absolute atomic E-state index is 13.0. The molecule has 0 amide bonds. The second kappa shape index (κ2) is 9.73. The third-order valence-electron chi connectivity index (χ3n) is 4.81. The molecule has 2 aromatic rings. The number of anilines is 1. The Labute approximate surface area is 174 Å². The van der Waals surface area contributed by atoms with E-state index >= 15 is 0 Å². The lowest BCUT2D eigenvalue weighted by molar-refractivity contribution is 0.100. The number of aliphatic imine (C=N–C) groups is 1.